The lowest BCUT2D eigenvalue weighted by molar-refractivity contribution is -0.137. The summed E-state index contributed by atoms with van der Waals surface area (Å²) >= 11 is 0. The van der Waals surface area contributed by atoms with Crippen LogP contribution in [0.1, 0.15) is 31.4 Å². The number of hydrogen-bond donors (Lipinski definition) is 1. The fourth-order valence-electron chi connectivity index (χ4n) is 4.30. The molecule has 2 atom stereocenters. The van der Waals surface area contributed by atoms with E-state index in [9.17, 15) is 13.6 Å². The van der Waals surface area contributed by atoms with Gasteiger partial charge in [0.2, 0.25) is 5.91 Å². The molecule has 1 N–H and O–H groups in total. The highest BCUT2D eigenvalue weighted by Crippen LogP contribution is 2.22. The van der Waals surface area contributed by atoms with Crippen LogP contribution in [0, 0.1) is 17.7 Å². The third-order valence-corrected chi connectivity index (χ3v) is 6.12. The number of carbonyl (C=O) groups excluding carboxylic acids is 1. The summed E-state index contributed by atoms with van der Waals surface area (Å²) in [5.41, 5.74) is 1.92. The van der Waals surface area contributed by atoms with Crippen LogP contribution >= 0.6 is 0 Å². The Morgan fingerprint density at radius 2 is 1.74 bits per heavy atom. The summed E-state index contributed by atoms with van der Waals surface area (Å²) in [6.45, 7) is 6.88. The van der Waals surface area contributed by atoms with Gasteiger partial charge in [-0.1, -0.05) is 38.1 Å². The molecule has 5 nitrogen and oxygen atoms in total. The molecule has 0 saturated carbocycles. The molecule has 0 unspecified atom stereocenters. The first-order chi connectivity index (χ1) is 16.4. The number of alkyl halides is 1. The molecule has 1 amide bonds. The highest BCUT2D eigenvalue weighted by atomic mass is 19.1. The van der Waals surface area contributed by atoms with Crippen LogP contribution in [0.4, 0.5) is 8.78 Å². The molecule has 1 aliphatic rings. The predicted molar refractivity (Wildman–Crippen MR) is 131 cm³/mol. The number of likely N-dealkylation sites (N-methyl/N-ethyl adjacent to an activating group) is 1. The molecule has 186 valence electrons. The molecule has 7 heteroatoms. The highest BCUT2D eigenvalue weighted by molar-refractivity contribution is 5.78. The summed E-state index contributed by atoms with van der Waals surface area (Å²) in [6, 6.07) is 13.9. The smallest absolute Gasteiger partial charge is 0.237 e. The SMILES string of the molecule is CC(C)COc1ccc(CN(C)CC(=O)N(Cc2ccc(F)cc2)[C@@H]2CCNC[C@@H]2CF)cc1. The zero-order valence-corrected chi connectivity index (χ0v) is 20.5. The fourth-order valence-corrected chi connectivity index (χ4v) is 4.30. The maximum atomic E-state index is 13.8. The number of carbonyl (C=O) groups is 1. The molecule has 1 fully saturated rings. The Balaban J connectivity index is 1.65. The summed E-state index contributed by atoms with van der Waals surface area (Å²) in [5.74, 6) is 0.692. The first kappa shape index (κ1) is 26.1. The average Bonchev–Trinajstić information content (AvgIpc) is 2.83. The molecule has 1 saturated heterocycles. The minimum absolute atomic E-state index is 0.0472. The Labute approximate surface area is 202 Å². The second-order valence-corrected chi connectivity index (χ2v) is 9.64. The van der Waals surface area contributed by atoms with Crippen molar-refractivity contribution in [2.24, 2.45) is 11.8 Å². The molecule has 0 aromatic heterocycles. The van der Waals surface area contributed by atoms with Crippen molar-refractivity contribution in [2.45, 2.75) is 39.4 Å². The molecule has 0 radical (unpaired) electrons. The van der Waals surface area contributed by atoms with Gasteiger partial charge in [-0.25, -0.2) is 4.39 Å². The van der Waals surface area contributed by atoms with Gasteiger partial charge >= 0.3 is 0 Å². The van der Waals surface area contributed by atoms with E-state index < -0.39 is 6.67 Å². The maximum absolute atomic E-state index is 13.8. The van der Waals surface area contributed by atoms with Gasteiger partial charge < -0.3 is 15.0 Å². The quantitative estimate of drug-likeness (QED) is 0.530. The minimum atomic E-state index is -0.480. The van der Waals surface area contributed by atoms with E-state index in [1.807, 2.05) is 36.2 Å². The van der Waals surface area contributed by atoms with Gasteiger partial charge in [0.15, 0.2) is 0 Å². The Bertz CT molecular complexity index is 890. The lowest BCUT2D eigenvalue weighted by atomic mass is 9.92. The maximum Gasteiger partial charge on any atom is 0.237 e. The van der Waals surface area contributed by atoms with Gasteiger partial charge in [0, 0.05) is 31.6 Å². The number of ether oxygens (including phenoxy) is 1. The molecule has 1 aliphatic heterocycles. The van der Waals surface area contributed by atoms with Crippen LogP contribution in [0.3, 0.4) is 0 Å². The van der Waals surface area contributed by atoms with E-state index in [0.29, 0.717) is 38.6 Å². The minimum Gasteiger partial charge on any atom is -0.493 e. The summed E-state index contributed by atoms with van der Waals surface area (Å²) in [5, 5.41) is 3.23. The van der Waals surface area contributed by atoms with Gasteiger partial charge in [-0.3, -0.25) is 14.1 Å². The number of amides is 1. The fraction of sp³-hybridized carbons (Fsp3) is 0.519. The van der Waals surface area contributed by atoms with Crippen molar-refractivity contribution in [1.29, 1.82) is 0 Å². The number of piperidine rings is 1. The van der Waals surface area contributed by atoms with Crippen molar-refractivity contribution in [3.8, 4) is 5.75 Å². The van der Waals surface area contributed by atoms with Crippen molar-refractivity contribution in [3.63, 3.8) is 0 Å². The van der Waals surface area contributed by atoms with Crippen LogP contribution in [0.15, 0.2) is 48.5 Å². The van der Waals surface area contributed by atoms with E-state index >= 15 is 0 Å². The van der Waals surface area contributed by atoms with Crippen molar-refractivity contribution < 1.29 is 18.3 Å². The first-order valence-corrected chi connectivity index (χ1v) is 12.1. The van der Waals surface area contributed by atoms with Crippen LogP contribution < -0.4 is 10.1 Å². The van der Waals surface area contributed by atoms with Gasteiger partial charge in [0.1, 0.15) is 11.6 Å². The number of nitrogens with zero attached hydrogens (tertiary/aromatic N) is 2. The van der Waals surface area contributed by atoms with Gasteiger partial charge in [0.05, 0.1) is 19.8 Å². The first-order valence-electron chi connectivity index (χ1n) is 12.1. The monoisotopic (exact) mass is 473 g/mol. The molecule has 0 aliphatic carbocycles. The summed E-state index contributed by atoms with van der Waals surface area (Å²) in [4.78, 5) is 17.2. The van der Waals surface area contributed by atoms with Crippen LogP contribution in [0.5, 0.6) is 5.75 Å². The van der Waals surface area contributed by atoms with Crippen LogP contribution in [0.2, 0.25) is 0 Å². The lowest BCUT2D eigenvalue weighted by Gasteiger charge is -2.40. The molecule has 0 bridgehead atoms. The number of benzene rings is 2. The summed E-state index contributed by atoms with van der Waals surface area (Å²) in [6.07, 6.45) is 0.697. The molecule has 0 spiro atoms. The third-order valence-electron chi connectivity index (χ3n) is 6.12. The standard InChI is InChI=1S/C27H37F2N3O2/c1-20(2)19-34-25-10-6-21(7-11-25)16-31(3)18-27(33)32(17-22-4-8-24(29)9-5-22)26-12-13-30-15-23(26)14-28/h4-11,20,23,26,30H,12-19H2,1-3H3/t23-,26+/m0/s1. The Morgan fingerprint density at radius 3 is 2.38 bits per heavy atom. The zero-order chi connectivity index (χ0) is 24.5. The van der Waals surface area contributed by atoms with Crippen molar-refractivity contribution in [1.82, 2.24) is 15.1 Å². The van der Waals surface area contributed by atoms with E-state index in [2.05, 4.69) is 19.2 Å². The normalized spacial score (nSPS) is 18.3. The van der Waals surface area contributed by atoms with Crippen LogP contribution in [0.25, 0.3) is 0 Å². The Hall–Kier alpha value is -2.51. The average molecular weight is 474 g/mol. The van der Waals surface area contributed by atoms with Gasteiger partial charge in [-0.05, 0) is 61.3 Å². The summed E-state index contributed by atoms with van der Waals surface area (Å²) in [7, 11) is 1.91. The van der Waals surface area contributed by atoms with E-state index in [-0.39, 0.29) is 30.2 Å². The van der Waals surface area contributed by atoms with E-state index in [0.717, 1.165) is 23.4 Å². The van der Waals surface area contributed by atoms with Crippen molar-refractivity contribution in [3.05, 3.63) is 65.5 Å². The van der Waals surface area contributed by atoms with E-state index in [1.54, 1.807) is 17.0 Å². The van der Waals surface area contributed by atoms with Gasteiger partial charge in [-0.15, -0.1) is 0 Å². The third kappa shape index (κ3) is 7.77. The van der Waals surface area contributed by atoms with Crippen molar-refractivity contribution in [2.75, 3.05) is 40.0 Å². The largest absolute Gasteiger partial charge is 0.493 e. The van der Waals surface area contributed by atoms with Gasteiger partial charge in [0.25, 0.3) is 0 Å². The number of hydrogen-bond acceptors (Lipinski definition) is 4. The Morgan fingerprint density at radius 1 is 1.09 bits per heavy atom. The second kappa shape index (κ2) is 12.8. The zero-order valence-electron chi connectivity index (χ0n) is 20.5. The van der Waals surface area contributed by atoms with Gasteiger partial charge in [-0.2, -0.15) is 0 Å². The second-order valence-electron chi connectivity index (χ2n) is 9.64. The summed E-state index contributed by atoms with van der Waals surface area (Å²) < 4.78 is 32.9. The van der Waals surface area contributed by atoms with Crippen LogP contribution in [-0.2, 0) is 17.9 Å². The molecule has 2 aromatic carbocycles. The molecule has 34 heavy (non-hydrogen) atoms. The van der Waals surface area contributed by atoms with Crippen LogP contribution in [-0.4, -0.2) is 61.7 Å². The topological polar surface area (TPSA) is 44.8 Å². The number of halogens is 2. The molecule has 1 heterocycles. The molecule has 2 aromatic rings. The van der Waals surface area contributed by atoms with E-state index in [4.69, 9.17) is 4.74 Å². The lowest BCUT2D eigenvalue weighted by Crippen LogP contribution is -2.53. The predicted octanol–water partition coefficient (Wildman–Crippen LogP) is 4.27. The van der Waals surface area contributed by atoms with E-state index in [1.165, 1.54) is 12.1 Å². The Kier molecular flexibility index (Phi) is 9.84. The molecular weight excluding hydrogens is 436 g/mol. The number of nitrogens with one attached hydrogen (secondary N) is 1. The highest BCUT2D eigenvalue weighted by Gasteiger charge is 2.33. The van der Waals surface area contributed by atoms with Crippen molar-refractivity contribution >= 4 is 5.91 Å². The molecule has 3 rings (SSSR count). The number of rotatable bonds is 11. The molecular formula is C27H37F2N3O2.